The number of benzene rings is 5. The molecular weight excluding hydrogens is 927 g/mol. The minimum Gasteiger partial charge on any atom is -0.379 e. The van der Waals surface area contributed by atoms with Crippen LogP contribution in [0, 0.1) is 0 Å². The van der Waals surface area contributed by atoms with Gasteiger partial charge in [0, 0.05) is 46.2 Å². The maximum absolute atomic E-state index is 13.9. The molecule has 0 bridgehead atoms. The maximum atomic E-state index is 13.9. The first-order chi connectivity index (χ1) is 34.1. The molecular formula is C51H67N3O15S. The van der Waals surface area contributed by atoms with E-state index in [4.69, 9.17) is 37.9 Å². The zero-order valence-electron chi connectivity index (χ0n) is 40.8. The first-order valence-corrected chi connectivity index (χ1v) is 25.9. The predicted molar refractivity (Wildman–Crippen MR) is 264 cm³/mol. The Balaban J connectivity index is 0.00000193. The van der Waals surface area contributed by atoms with Crippen molar-refractivity contribution in [2.24, 2.45) is 0 Å². The van der Waals surface area contributed by atoms with Crippen LogP contribution in [-0.2, 0) is 52.3 Å². The number of ether oxygens (including phenoxy) is 8. The fourth-order valence-electron chi connectivity index (χ4n) is 8.10. The third kappa shape index (κ3) is 13.6. The first-order valence-electron chi connectivity index (χ1n) is 24.3. The van der Waals surface area contributed by atoms with Crippen LogP contribution in [0.25, 0.3) is 43.1 Å². The zero-order valence-corrected chi connectivity index (χ0v) is 41.6. The topological polar surface area (TPSA) is 204 Å². The molecule has 0 aromatic heterocycles. The number of imide groups is 2. The highest BCUT2D eigenvalue weighted by Gasteiger charge is 2.36. The molecule has 0 saturated carbocycles. The van der Waals surface area contributed by atoms with Gasteiger partial charge in [0.1, 0.15) is 5.75 Å². The van der Waals surface area contributed by atoms with Crippen molar-refractivity contribution >= 4 is 76.8 Å². The van der Waals surface area contributed by atoms with E-state index in [1.165, 1.54) is 22.6 Å². The van der Waals surface area contributed by atoms with Gasteiger partial charge in [0.15, 0.2) is 0 Å². The number of rotatable bonds is 33. The van der Waals surface area contributed by atoms with E-state index in [9.17, 15) is 27.6 Å². The molecule has 70 heavy (non-hydrogen) atoms. The largest absolute Gasteiger partial charge is 0.379 e. The molecule has 2 heterocycles. The fraction of sp³-hybridized carbons (Fsp3) is 0.529. The van der Waals surface area contributed by atoms with Crippen molar-refractivity contribution in [2.45, 2.75) is 47.0 Å². The molecule has 2 aliphatic rings. The number of unbranched alkanes of at least 4 members (excludes halogenated alkanes) is 1. The quantitative estimate of drug-likeness (QED) is 0.0165. The molecule has 2 aliphatic heterocycles. The van der Waals surface area contributed by atoms with E-state index in [2.05, 4.69) is 30.5 Å². The lowest BCUT2D eigenvalue weighted by Crippen LogP contribution is -2.42. The summed E-state index contributed by atoms with van der Waals surface area (Å²) in [6.07, 6.45) is 3.61. The van der Waals surface area contributed by atoms with Gasteiger partial charge in [-0.2, -0.15) is 18.2 Å². The Kier molecular flexibility index (Phi) is 21.6. The van der Waals surface area contributed by atoms with Crippen LogP contribution in [0.3, 0.4) is 0 Å². The minimum absolute atomic E-state index is 0.0162. The van der Waals surface area contributed by atoms with E-state index in [0.29, 0.717) is 92.4 Å². The van der Waals surface area contributed by atoms with Crippen molar-refractivity contribution in [1.29, 1.82) is 0 Å². The Morgan fingerprint density at radius 1 is 0.386 bits per heavy atom. The highest BCUT2D eigenvalue weighted by molar-refractivity contribution is 7.86. The van der Waals surface area contributed by atoms with Crippen LogP contribution in [0.15, 0.2) is 48.5 Å². The van der Waals surface area contributed by atoms with Gasteiger partial charge < -0.3 is 37.9 Å². The molecule has 1 N–H and O–H groups in total. The summed E-state index contributed by atoms with van der Waals surface area (Å²) in [7, 11) is -3.68. The maximum Gasteiger partial charge on any atom is 0.285 e. The zero-order chi connectivity index (χ0) is 49.9. The van der Waals surface area contributed by atoms with Crippen LogP contribution in [0.1, 0.15) is 88.4 Å². The summed E-state index contributed by atoms with van der Waals surface area (Å²) < 4.78 is 71.8. The number of carbonyl (C=O) groups excluding carboxylic acids is 4. The molecule has 0 unspecified atom stereocenters. The lowest BCUT2D eigenvalue weighted by molar-refractivity contribution is -0.00332. The molecule has 19 heteroatoms. The van der Waals surface area contributed by atoms with Crippen molar-refractivity contribution in [2.75, 3.05) is 131 Å². The Labute approximate surface area is 409 Å². The molecule has 0 atom stereocenters. The number of hydrogen-bond donors (Lipinski definition) is 1. The molecule has 7 rings (SSSR count). The second-order valence-corrected chi connectivity index (χ2v) is 18.1. The van der Waals surface area contributed by atoms with Gasteiger partial charge >= 0.3 is 0 Å². The second-order valence-electron chi connectivity index (χ2n) is 16.4. The number of amides is 4. The molecule has 5 aromatic carbocycles. The van der Waals surface area contributed by atoms with Crippen molar-refractivity contribution in [3.8, 4) is 0 Å². The lowest BCUT2D eigenvalue weighted by atomic mass is 9.82. The summed E-state index contributed by atoms with van der Waals surface area (Å²) in [5, 5.41) is 5.95. The summed E-state index contributed by atoms with van der Waals surface area (Å²) in [6.45, 7) is 13.8. The van der Waals surface area contributed by atoms with Gasteiger partial charge in [-0.25, -0.2) is 0 Å². The monoisotopic (exact) mass is 993 g/mol. The summed E-state index contributed by atoms with van der Waals surface area (Å²) in [4.78, 5) is 58.1. The third-order valence-corrected chi connectivity index (χ3v) is 12.6. The van der Waals surface area contributed by atoms with E-state index < -0.39 is 33.7 Å². The molecule has 0 spiro atoms. The number of fused-ring (bicyclic) bond motifs is 2. The predicted octanol–water partition coefficient (Wildman–Crippen LogP) is 6.15. The number of hydroxylamine groups is 1. The van der Waals surface area contributed by atoms with Gasteiger partial charge in [-0.1, -0.05) is 64.8 Å². The fourth-order valence-corrected chi connectivity index (χ4v) is 8.81. The molecule has 18 nitrogen and oxygen atoms in total. The number of nitrogens with zero attached hydrogens (tertiary/aromatic N) is 2. The Morgan fingerprint density at radius 3 is 0.986 bits per heavy atom. The van der Waals surface area contributed by atoms with Crippen LogP contribution in [-0.4, -0.2) is 173 Å². The van der Waals surface area contributed by atoms with Crippen molar-refractivity contribution < 1.29 is 69.8 Å². The van der Waals surface area contributed by atoms with E-state index in [0.717, 1.165) is 45.3 Å². The molecule has 0 saturated heterocycles. The standard InChI is InChI=1S/C47H57N3O15S.C4H10/c1-3-15-57-18-21-60-24-25-61-22-19-58-16-13-49-44(51)36-9-5-32-34-7-11-38-43-39(12-8-35(41(34)43)33-6-10-37(45(49)52)42(36)40(32)33)47(54)50(46(38)53)14-17-59-20-23-62-26-27-63-28-29-64-30-31-66(55,56)65-48-4-2;1-3-4-2/h5-12,48H,3-4,13-31H2,1-2H3;3-4H2,1-2H3. The van der Waals surface area contributed by atoms with Gasteiger partial charge in [-0.05, 0) is 63.0 Å². The normalized spacial score (nSPS) is 13.8. The van der Waals surface area contributed by atoms with Crippen LogP contribution < -0.4 is 5.48 Å². The summed E-state index contributed by atoms with van der Waals surface area (Å²) in [5.74, 6) is -1.90. The summed E-state index contributed by atoms with van der Waals surface area (Å²) in [6, 6.07) is 14.5. The lowest BCUT2D eigenvalue weighted by Gasteiger charge is -2.30. The van der Waals surface area contributed by atoms with E-state index >= 15 is 0 Å². The number of carbonyl (C=O) groups is 4. The van der Waals surface area contributed by atoms with Gasteiger partial charge in [-0.15, -0.1) is 0 Å². The van der Waals surface area contributed by atoms with E-state index in [-0.39, 0.29) is 65.1 Å². The van der Waals surface area contributed by atoms with Gasteiger partial charge in [0.05, 0.1) is 112 Å². The summed E-state index contributed by atoms with van der Waals surface area (Å²) >= 11 is 0. The van der Waals surface area contributed by atoms with Crippen molar-refractivity contribution in [3.05, 3.63) is 70.8 Å². The smallest absolute Gasteiger partial charge is 0.285 e. The minimum atomic E-state index is -3.68. The Hall–Kier alpha value is -4.77. The summed E-state index contributed by atoms with van der Waals surface area (Å²) in [5.41, 5.74) is 3.96. The van der Waals surface area contributed by atoms with Crippen molar-refractivity contribution in [1.82, 2.24) is 15.3 Å². The first kappa shape index (κ1) is 54.6. The molecule has 0 radical (unpaired) electrons. The van der Waals surface area contributed by atoms with Crippen LogP contribution in [0.4, 0.5) is 0 Å². The van der Waals surface area contributed by atoms with Crippen LogP contribution in [0.2, 0.25) is 0 Å². The number of nitrogens with one attached hydrogen (secondary N) is 1. The Bertz CT molecular complexity index is 2520. The van der Waals surface area contributed by atoms with Crippen LogP contribution in [0.5, 0.6) is 0 Å². The third-order valence-electron chi connectivity index (χ3n) is 11.6. The molecule has 0 aliphatic carbocycles. The molecule has 382 valence electrons. The highest BCUT2D eigenvalue weighted by Crippen LogP contribution is 2.46. The Morgan fingerprint density at radius 2 is 0.686 bits per heavy atom. The van der Waals surface area contributed by atoms with Gasteiger partial charge in [0.25, 0.3) is 33.7 Å². The van der Waals surface area contributed by atoms with Crippen molar-refractivity contribution in [3.63, 3.8) is 0 Å². The SMILES string of the molecule is CCCC.CCCOCCOCCOCCOCCN1C(=O)c2ccc3c4ccc5c6c(ccc(c7ccc(c2c37)C1=O)c64)C(=O)N(CCOCCOCCOCCOCCS(=O)(=O)ONCC)C5=O. The van der Waals surface area contributed by atoms with Gasteiger partial charge in [0.2, 0.25) is 0 Å². The van der Waals surface area contributed by atoms with E-state index in [1.54, 1.807) is 31.2 Å². The molecule has 0 fully saturated rings. The second kappa shape index (κ2) is 27.7. The highest BCUT2D eigenvalue weighted by atomic mass is 32.2. The molecule has 5 aromatic rings. The average molecular weight is 994 g/mol. The number of hydrogen-bond acceptors (Lipinski definition) is 16. The van der Waals surface area contributed by atoms with E-state index in [1.807, 2.05) is 24.3 Å². The average Bonchev–Trinajstić information content (AvgIpc) is 3.36. The van der Waals surface area contributed by atoms with Gasteiger partial charge in [-0.3, -0.25) is 29.0 Å². The molecule has 4 amide bonds. The van der Waals surface area contributed by atoms with Crippen LogP contribution >= 0.6 is 0 Å².